The summed E-state index contributed by atoms with van der Waals surface area (Å²) in [6.45, 7) is 7.01. The summed E-state index contributed by atoms with van der Waals surface area (Å²) in [5, 5.41) is 8.72. The highest BCUT2D eigenvalue weighted by molar-refractivity contribution is 6.07. The van der Waals surface area contributed by atoms with Gasteiger partial charge in [0.05, 0.1) is 0 Å². The molecule has 0 aliphatic heterocycles. The molecule has 3 rings (SSSR count). The second-order valence-electron chi connectivity index (χ2n) is 6.47. The molecular weight excluding hydrogens is 250 g/mol. The second-order valence-corrected chi connectivity index (χ2v) is 6.47. The summed E-state index contributed by atoms with van der Waals surface area (Å²) in [7, 11) is 0. The predicted octanol–water partition coefficient (Wildman–Crippen LogP) is 3.32. The van der Waals surface area contributed by atoms with Crippen LogP contribution in [0.5, 0.6) is 0 Å². The van der Waals surface area contributed by atoms with E-state index >= 15 is 0 Å². The minimum absolute atomic E-state index is 0.142. The summed E-state index contributed by atoms with van der Waals surface area (Å²) in [6.07, 6.45) is 6.20. The summed E-state index contributed by atoms with van der Waals surface area (Å²) in [5.41, 5.74) is 8.53. The molecule has 3 nitrogen and oxygen atoms in total. The standard InChI is InChI=1S/C17H23NO2/c1-10-9-14-15(13(10)5-4-8-18-20)11(2)17(6-7-17)12(3)16(14)19/h9,12,18,20H,4-8H2,1-3H3/t12-/m1/s1. The van der Waals surface area contributed by atoms with Gasteiger partial charge >= 0.3 is 0 Å². The van der Waals surface area contributed by atoms with Crippen LogP contribution in [0.4, 0.5) is 0 Å². The van der Waals surface area contributed by atoms with Crippen LogP contribution in [0.1, 0.15) is 46.5 Å². The SMILES string of the molecule is CC1=C(CCCNO)C2=C(C)C3(CC3)[C@H](C)C(=O)C2=C1. The van der Waals surface area contributed by atoms with Crippen molar-refractivity contribution in [1.82, 2.24) is 5.48 Å². The van der Waals surface area contributed by atoms with Gasteiger partial charge in [0.15, 0.2) is 5.78 Å². The number of ketones is 1. The number of nitrogens with one attached hydrogen (secondary N) is 1. The number of fused-ring (bicyclic) bond motifs is 1. The van der Waals surface area contributed by atoms with Crippen LogP contribution >= 0.6 is 0 Å². The molecule has 3 heteroatoms. The van der Waals surface area contributed by atoms with E-state index in [9.17, 15) is 4.79 Å². The average molecular weight is 273 g/mol. The monoisotopic (exact) mass is 273 g/mol. The van der Waals surface area contributed by atoms with Gasteiger partial charge in [-0.25, -0.2) is 5.48 Å². The third-order valence-electron chi connectivity index (χ3n) is 5.52. The van der Waals surface area contributed by atoms with Crippen molar-refractivity contribution in [3.05, 3.63) is 33.9 Å². The molecule has 0 radical (unpaired) electrons. The lowest BCUT2D eigenvalue weighted by Crippen LogP contribution is -2.31. The number of hydrogen-bond acceptors (Lipinski definition) is 3. The van der Waals surface area contributed by atoms with Gasteiger partial charge < -0.3 is 5.21 Å². The largest absolute Gasteiger partial charge is 0.317 e. The zero-order chi connectivity index (χ0) is 14.5. The number of rotatable bonds is 4. The van der Waals surface area contributed by atoms with Crippen LogP contribution in [0.25, 0.3) is 0 Å². The van der Waals surface area contributed by atoms with Crippen LogP contribution in [0.3, 0.4) is 0 Å². The molecule has 108 valence electrons. The van der Waals surface area contributed by atoms with Gasteiger partial charge in [0.2, 0.25) is 0 Å². The van der Waals surface area contributed by atoms with Crippen LogP contribution < -0.4 is 5.48 Å². The van der Waals surface area contributed by atoms with Gasteiger partial charge in [-0.1, -0.05) is 12.5 Å². The number of Topliss-reactive ketones (excluding diaryl/α,β-unsaturated/α-hetero) is 1. The minimum atomic E-state index is 0.142. The van der Waals surface area contributed by atoms with E-state index in [-0.39, 0.29) is 11.3 Å². The molecule has 0 saturated heterocycles. The van der Waals surface area contributed by atoms with Crippen molar-refractivity contribution < 1.29 is 10.0 Å². The highest BCUT2D eigenvalue weighted by Crippen LogP contribution is 2.63. The summed E-state index contributed by atoms with van der Waals surface area (Å²) >= 11 is 0. The fraction of sp³-hybridized carbons (Fsp3) is 0.588. The zero-order valence-corrected chi connectivity index (χ0v) is 12.5. The Hall–Kier alpha value is -1.19. The second kappa shape index (κ2) is 4.68. The number of hydroxylamine groups is 1. The highest BCUT2D eigenvalue weighted by atomic mass is 16.5. The van der Waals surface area contributed by atoms with E-state index in [4.69, 9.17) is 5.21 Å². The van der Waals surface area contributed by atoms with Gasteiger partial charge in [-0.05, 0) is 62.3 Å². The molecule has 0 unspecified atom stereocenters. The van der Waals surface area contributed by atoms with Crippen LogP contribution in [0.15, 0.2) is 33.9 Å². The van der Waals surface area contributed by atoms with Crippen molar-refractivity contribution in [3.63, 3.8) is 0 Å². The number of hydrogen-bond donors (Lipinski definition) is 2. The number of carbonyl (C=O) groups excluding carboxylic acids is 1. The van der Waals surface area contributed by atoms with E-state index < -0.39 is 0 Å². The van der Waals surface area contributed by atoms with Crippen molar-refractivity contribution >= 4 is 5.78 Å². The van der Waals surface area contributed by atoms with Crippen LogP contribution in [0.2, 0.25) is 0 Å². The van der Waals surface area contributed by atoms with Crippen molar-refractivity contribution in [2.45, 2.75) is 46.5 Å². The molecule has 0 amide bonds. The molecule has 1 fully saturated rings. The Kier molecular flexibility index (Phi) is 3.22. The summed E-state index contributed by atoms with van der Waals surface area (Å²) in [5.74, 6) is 0.474. The van der Waals surface area contributed by atoms with E-state index in [0.717, 1.165) is 31.3 Å². The Labute approximate surface area is 120 Å². The lowest BCUT2D eigenvalue weighted by atomic mass is 9.70. The van der Waals surface area contributed by atoms with Gasteiger partial charge in [0.25, 0.3) is 0 Å². The molecule has 2 N–H and O–H groups in total. The number of carbonyl (C=O) groups is 1. The molecule has 1 saturated carbocycles. The molecule has 1 atom stereocenters. The van der Waals surface area contributed by atoms with Crippen LogP contribution in [-0.4, -0.2) is 17.5 Å². The Bertz CT molecular complexity index is 562. The smallest absolute Gasteiger partial charge is 0.167 e. The topological polar surface area (TPSA) is 49.3 Å². The van der Waals surface area contributed by atoms with Crippen molar-refractivity contribution in [2.24, 2.45) is 11.3 Å². The van der Waals surface area contributed by atoms with E-state index in [1.54, 1.807) is 0 Å². The third-order valence-corrected chi connectivity index (χ3v) is 5.52. The fourth-order valence-electron chi connectivity index (χ4n) is 4.03. The van der Waals surface area contributed by atoms with Crippen molar-refractivity contribution in [2.75, 3.05) is 6.54 Å². The molecule has 0 bridgehead atoms. The van der Waals surface area contributed by atoms with E-state index in [2.05, 4.69) is 32.3 Å². The van der Waals surface area contributed by atoms with Gasteiger partial charge in [-0.3, -0.25) is 4.79 Å². The lowest BCUT2D eigenvalue weighted by molar-refractivity contribution is -0.120. The van der Waals surface area contributed by atoms with E-state index in [0.29, 0.717) is 12.3 Å². The summed E-state index contributed by atoms with van der Waals surface area (Å²) < 4.78 is 0. The Morgan fingerprint density at radius 3 is 2.70 bits per heavy atom. The van der Waals surface area contributed by atoms with Crippen molar-refractivity contribution in [3.8, 4) is 0 Å². The summed E-state index contributed by atoms with van der Waals surface area (Å²) in [6, 6.07) is 0. The molecule has 3 aliphatic carbocycles. The fourth-order valence-corrected chi connectivity index (χ4v) is 4.03. The molecular formula is C17H23NO2. The first-order valence-corrected chi connectivity index (χ1v) is 7.57. The Morgan fingerprint density at radius 1 is 1.40 bits per heavy atom. The quantitative estimate of drug-likeness (QED) is 0.610. The third kappa shape index (κ3) is 1.76. The molecule has 0 aromatic heterocycles. The Balaban J connectivity index is 1.99. The van der Waals surface area contributed by atoms with Gasteiger partial charge in [0.1, 0.15) is 0 Å². The van der Waals surface area contributed by atoms with Crippen LogP contribution in [-0.2, 0) is 4.79 Å². The molecule has 1 spiro atoms. The highest BCUT2D eigenvalue weighted by Gasteiger charge is 2.56. The molecule has 20 heavy (non-hydrogen) atoms. The van der Waals surface area contributed by atoms with Gasteiger partial charge in [-0.15, -0.1) is 0 Å². The van der Waals surface area contributed by atoms with Crippen molar-refractivity contribution in [1.29, 1.82) is 0 Å². The molecule has 0 heterocycles. The lowest BCUT2D eigenvalue weighted by Gasteiger charge is -2.32. The molecule has 3 aliphatic rings. The van der Waals surface area contributed by atoms with E-state index in [1.165, 1.54) is 22.3 Å². The maximum Gasteiger partial charge on any atom is 0.167 e. The Morgan fingerprint density at radius 2 is 2.10 bits per heavy atom. The predicted molar refractivity (Wildman–Crippen MR) is 78.3 cm³/mol. The average Bonchev–Trinajstić information content (AvgIpc) is 3.16. The first-order chi connectivity index (χ1) is 9.53. The zero-order valence-electron chi connectivity index (χ0n) is 12.5. The number of allylic oxidation sites excluding steroid dienone is 6. The maximum atomic E-state index is 12.6. The normalized spacial score (nSPS) is 27.3. The minimum Gasteiger partial charge on any atom is -0.317 e. The van der Waals surface area contributed by atoms with Gasteiger partial charge in [0, 0.05) is 23.5 Å². The van der Waals surface area contributed by atoms with Crippen LogP contribution in [0, 0.1) is 11.3 Å². The first kappa shape index (κ1) is 13.8. The molecule has 0 aromatic rings. The van der Waals surface area contributed by atoms with E-state index in [1.807, 2.05) is 0 Å². The first-order valence-electron chi connectivity index (χ1n) is 7.57. The molecule has 0 aromatic carbocycles. The van der Waals surface area contributed by atoms with Gasteiger partial charge in [-0.2, -0.15) is 0 Å². The maximum absolute atomic E-state index is 12.6. The summed E-state index contributed by atoms with van der Waals surface area (Å²) in [4.78, 5) is 12.6.